The van der Waals surface area contributed by atoms with E-state index < -0.39 is 23.5 Å². The van der Waals surface area contributed by atoms with Crippen LogP contribution in [-0.2, 0) is 0 Å². The number of ether oxygens (including phenoxy) is 1. The molecule has 0 fully saturated rings. The fourth-order valence-electron chi connectivity index (χ4n) is 2.37. The summed E-state index contributed by atoms with van der Waals surface area (Å²) in [4.78, 5) is 22.6. The largest absolute Gasteiger partial charge is 0.434 e. The molecule has 2 aromatic rings. The maximum atomic E-state index is 12.5. The van der Waals surface area contributed by atoms with Crippen molar-refractivity contribution in [2.24, 2.45) is 0 Å². The van der Waals surface area contributed by atoms with Gasteiger partial charge in [-0.2, -0.15) is 8.78 Å². The Morgan fingerprint density at radius 3 is 2.60 bits per heavy atom. The van der Waals surface area contributed by atoms with Gasteiger partial charge in [0.05, 0.1) is 11.0 Å². The summed E-state index contributed by atoms with van der Waals surface area (Å²) in [6.45, 7) is -1.21. The second-order valence-corrected chi connectivity index (χ2v) is 5.16. The first-order valence-electron chi connectivity index (χ1n) is 7.51. The summed E-state index contributed by atoms with van der Waals surface area (Å²) < 4.78 is 29.6. The first-order valence-corrected chi connectivity index (χ1v) is 7.51. The van der Waals surface area contributed by atoms with Crippen molar-refractivity contribution in [1.29, 1.82) is 0 Å². The topological polar surface area (TPSA) is 81.5 Å². The minimum Gasteiger partial charge on any atom is -0.434 e. The number of nitrogens with one attached hydrogen (secondary N) is 1. The molecule has 0 spiro atoms. The van der Waals surface area contributed by atoms with Crippen molar-refractivity contribution in [2.75, 3.05) is 0 Å². The number of nitro benzene ring substituents is 1. The molecule has 1 atom stereocenters. The average Bonchev–Trinajstić information content (AvgIpc) is 2.59. The van der Waals surface area contributed by atoms with E-state index in [0.717, 1.165) is 6.07 Å². The molecule has 2 aromatic carbocycles. The number of alkyl halides is 2. The molecule has 132 valence electrons. The predicted octanol–water partition coefficient (Wildman–Crippen LogP) is 4.08. The third kappa shape index (κ3) is 4.72. The van der Waals surface area contributed by atoms with Gasteiger partial charge in [-0.1, -0.05) is 31.2 Å². The molecule has 0 bridgehead atoms. The van der Waals surface area contributed by atoms with Crippen LogP contribution in [0, 0.1) is 10.1 Å². The highest BCUT2D eigenvalue weighted by Crippen LogP contribution is 2.28. The van der Waals surface area contributed by atoms with E-state index >= 15 is 0 Å². The molecule has 25 heavy (non-hydrogen) atoms. The van der Waals surface area contributed by atoms with Crippen molar-refractivity contribution in [1.82, 2.24) is 5.32 Å². The maximum Gasteiger partial charge on any atom is 0.387 e. The van der Waals surface area contributed by atoms with Crippen LogP contribution in [0.2, 0.25) is 0 Å². The fraction of sp³-hybridized carbons (Fsp3) is 0.235. The minimum atomic E-state index is -2.98. The molecule has 6 nitrogen and oxygen atoms in total. The molecular weight excluding hydrogens is 334 g/mol. The van der Waals surface area contributed by atoms with Crippen molar-refractivity contribution >= 4 is 11.6 Å². The van der Waals surface area contributed by atoms with E-state index in [1.807, 2.05) is 0 Å². The molecule has 0 heterocycles. The maximum absolute atomic E-state index is 12.5. The number of benzene rings is 2. The lowest BCUT2D eigenvalue weighted by Gasteiger charge is -2.20. The molecule has 1 amide bonds. The first kappa shape index (κ1) is 18.3. The Labute approximate surface area is 142 Å². The van der Waals surface area contributed by atoms with Crippen molar-refractivity contribution in [3.63, 3.8) is 0 Å². The second-order valence-electron chi connectivity index (χ2n) is 5.16. The highest BCUT2D eigenvalue weighted by Gasteiger charge is 2.20. The lowest BCUT2D eigenvalue weighted by molar-refractivity contribution is -0.384. The van der Waals surface area contributed by atoms with Crippen molar-refractivity contribution in [3.8, 4) is 5.75 Å². The van der Waals surface area contributed by atoms with E-state index in [9.17, 15) is 23.7 Å². The van der Waals surface area contributed by atoms with E-state index in [1.165, 1.54) is 24.3 Å². The monoisotopic (exact) mass is 350 g/mol. The molecule has 0 aromatic heterocycles. The molecule has 0 saturated carbocycles. The minimum absolute atomic E-state index is 0.0244. The predicted molar refractivity (Wildman–Crippen MR) is 86.7 cm³/mol. The van der Waals surface area contributed by atoms with E-state index in [2.05, 4.69) is 10.1 Å². The number of rotatable bonds is 7. The van der Waals surface area contributed by atoms with Gasteiger partial charge in [-0.15, -0.1) is 0 Å². The summed E-state index contributed by atoms with van der Waals surface area (Å²) in [6, 6.07) is 10.9. The Bertz CT molecular complexity index is 768. The fourth-order valence-corrected chi connectivity index (χ4v) is 2.37. The number of nitro groups is 1. The molecule has 0 aliphatic rings. The van der Waals surface area contributed by atoms with E-state index in [4.69, 9.17) is 0 Å². The number of carbonyl (C=O) groups excluding carboxylic acids is 1. The highest BCUT2D eigenvalue weighted by atomic mass is 19.3. The standard InChI is InChI=1S/C17H16F2N2O4/c1-2-14(13-8-3-4-9-15(13)25-17(18)19)20-16(22)11-6-5-7-12(10-11)21(23)24/h3-10,14,17H,2H2,1H3,(H,20,22)/t14-/m1/s1. The Morgan fingerprint density at radius 2 is 1.96 bits per heavy atom. The van der Waals surface area contributed by atoms with Gasteiger partial charge in [0.15, 0.2) is 0 Å². The number of hydrogen-bond acceptors (Lipinski definition) is 4. The summed E-state index contributed by atoms with van der Waals surface area (Å²) in [5.74, 6) is -0.564. The van der Waals surface area contributed by atoms with Gasteiger partial charge in [0.25, 0.3) is 11.6 Å². The van der Waals surface area contributed by atoms with Gasteiger partial charge in [-0.25, -0.2) is 0 Å². The van der Waals surface area contributed by atoms with Crippen LogP contribution in [0.3, 0.4) is 0 Å². The number of halogens is 2. The zero-order valence-corrected chi connectivity index (χ0v) is 13.3. The number of carbonyl (C=O) groups is 1. The van der Waals surface area contributed by atoms with Crippen molar-refractivity contribution in [2.45, 2.75) is 26.0 Å². The van der Waals surface area contributed by atoms with Gasteiger partial charge in [-0.05, 0) is 18.6 Å². The van der Waals surface area contributed by atoms with Crippen LogP contribution in [0.15, 0.2) is 48.5 Å². The van der Waals surface area contributed by atoms with Crippen LogP contribution in [0.25, 0.3) is 0 Å². The van der Waals surface area contributed by atoms with Crippen LogP contribution in [0.4, 0.5) is 14.5 Å². The van der Waals surface area contributed by atoms with Crippen LogP contribution < -0.4 is 10.1 Å². The van der Waals surface area contributed by atoms with Gasteiger partial charge >= 0.3 is 6.61 Å². The van der Waals surface area contributed by atoms with E-state index in [-0.39, 0.29) is 17.0 Å². The zero-order valence-electron chi connectivity index (χ0n) is 13.3. The Hall–Kier alpha value is -3.03. The average molecular weight is 350 g/mol. The molecule has 0 unspecified atom stereocenters. The van der Waals surface area contributed by atoms with Gasteiger partial charge in [0.2, 0.25) is 0 Å². The summed E-state index contributed by atoms with van der Waals surface area (Å²) in [5.41, 5.74) is 0.311. The smallest absolute Gasteiger partial charge is 0.387 e. The summed E-state index contributed by atoms with van der Waals surface area (Å²) in [6.07, 6.45) is 0.421. The zero-order chi connectivity index (χ0) is 18.4. The molecule has 2 rings (SSSR count). The molecule has 1 N–H and O–H groups in total. The van der Waals surface area contributed by atoms with Gasteiger partial charge < -0.3 is 10.1 Å². The second kappa shape index (κ2) is 8.18. The molecule has 0 radical (unpaired) electrons. The third-order valence-corrected chi connectivity index (χ3v) is 3.54. The summed E-state index contributed by atoms with van der Waals surface area (Å²) in [5, 5.41) is 13.5. The van der Waals surface area contributed by atoms with Crippen LogP contribution in [-0.4, -0.2) is 17.4 Å². The summed E-state index contributed by atoms with van der Waals surface area (Å²) in [7, 11) is 0. The first-order chi connectivity index (χ1) is 11.9. The number of non-ortho nitro benzene ring substituents is 1. The number of nitrogens with zero attached hydrogens (tertiary/aromatic N) is 1. The molecular formula is C17H16F2N2O4. The molecule has 8 heteroatoms. The molecule has 0 aliphatic carbocycles. The molecule has 0 saturated heterocycles. The Kier molecular flexibility index (Phi) is 5.99. The van der Waals surface area contributed by atoms with Crippen molar-refractivity contribution in [3.05, 3.63) is 69.8 Å². The number of hydrogen-bond donors (Lipinski definition) is 1. The summed E-state index contributed by atoms with van der Waals surface area (Å²) >= 11 is 0. The van der Waals surface area contributed by atoms with E-state index in [1.54, 1.807) is 25.1 Å². The van der Waals surface area contributed by atoms with Crippen LogP contribution in [0.5, 0.6) is 5.75 Å². The van der Waals surface area contributed by atoms with Crippen LogP contribution >= 0.6 is 0 Å². The highest BCUT2D eigenvalue weighted by molar-refractivity contribution is 5.95. The van der Waals surface area contributed by atoms with E-state index in [0.29, 0.717) is 12.0 Å². The Morgan fingerprint density at radius 1 is 1.24 bits per heavy atom. The lowest BCUT2D eigenvalue weighted by atomic mass is 10.0. The normalized spacial score (nSPS) is 11.8. The molecule has 0 aliphatic heterocycles. The number of amides is 1. The Balaban J connectivity index is 2.24. The lowest BCUT2D eigenvalue weighted by Crippen LogP contribution is -2.28. The van der Waals surface area contributed by atoms with Crippen LogP contribution in [0.1, 0.15) is 35.3 Å². The van der Waals surface area contributed by atoms with Crippen molar-refractivity contribution < 1.29 is 23.2 Å². The third-order valence-electron chi connectivity index (χ3n) is 3.54. The van der Waals surface area contributed by atoms with Gasteiger partial charge in [0.1, 0.15) is 5.75 Å². The van der Waals surface area contributed by atoms with Gasteiger partial charge in [0, 0.05) is 23.3 Å². The number of para-hydroxylation sites is 1. The quantitative estimate of drug-likeness (QED) is 0.603. The van der Waals surface area contributed by atoms with Gasteiger partial charge in [-0.3, -0.25) is 14.9 Å². The SMILES string of the molecule is CC[C@@H](NC(=O)c1cccc([N+](=O)[O-])c1)c1ccccc1OC(F)F.